The number of benzene rings is 1. The lowest BCUT2D eigenvalue weighted by molar-refractivity contribution is 0.174. The lowest BCUT2D eigenvalue weighted by atomic mass is 10.1. The standard InChI is InChI=1S/C13H13NO2S/c1-8(14)12-4-5-13(17-12)9-2-3-10-11(6-9)16-7-15-10/h2-6,8H,7,14H2,1H3. The summed E-state index contributed by atoms with van der Waals surface area (Å²) >= 11 is 1.72. The molecule has 1 aromatic carbocycles. The van der Waals surface area contributed by atoms with Crippen LogP contribution in [0.2, 0.25) is 0 Å². The Balaban J connectivity index is 1.97. The summed E-state index contributed by atoms with van der Waals surface area (Å²) in [5.74, 6) is 1.64. The number of hydrogen-bond donors (Lipinski definition) is 1. The van der Waals surface area contributed by atoms with Gasteiger partial charge in [-0.15, -0.1) is 11.3 Å². The Morgan fingerprint density at radius 2 is 2.00 bits per heavy atom. The summed E-state index contributed by atoms with van der Waals surface area (Å²) < 4.78 is 10.7. The summed E-state index contributed by atoms with van der Waals surface area (Å²) in [7, 11) is 0. The molecule has 2 N–H and O–H groups in total. The minimum Gasteiger partial charge on any atom is -0.454 e. The van der Waals surface area contributed by atoms with E-state index in [1.165, 1.54) is 9.75 Å². The van der Waals surface area contributed by atoms with Crippen LogP contribution in [0.4, 0.5) is 0 Å². The zero-order valence-corrected chi connectivity index (χ0v) is 10.3. The molecule has 0 radical (unpaired) electrons. The van der Waals surface area contributed by atoms with Crippen LogP contribution in [0.3, 0.4) is 0 Å². The van der Waals surface area contributed by atoms with Crippen molar-refractivity contribution in [3.63, 3.8) is 0 Å². The molecule has 3 rings (SSSR count). The van der Waals surface area contributed by atoms with Crippen LogP contribution in [0.5, 0.6) is 11.5 Å². The summed E-state index contributed by atoms with van der Waals surface area (Å²) in [6.45, 7) is 2.31. The molecule has 4 heteroatoms. The summed E-state index contributed by atoms with van der Waals surface area (Å²) in [6, 6.07) is 10.3. The van der Waals surface area contributed by atoms with E-state index in [2.05, 4.69) is 12.1 Å². The van der Waals surface area contributed by atoms with Crippen LogP contribution >= 0.6 is 11.3 Å². The molecule has 1 unspecified atom stereocenters. The third kappa shape index (κ3) is 1.90. The number of thiophene rings is 1. The third-order valence-corrected chi connectivity index (χ3v) is 4.07. The Morgan fingerprint density at radius 3 is 2.76 bits per heavy atom. The molecule has 3 nitrogen and oxygen atoms in total. The van der Waals surface area contributed by atoms with Crippen LogP contribution in [0.25, 0.3) is 10.4 Å². The van der Waals surface area contributed by atoms with Crippen LogP contribution in [0.15, 0.2) is 30.3 Å². The number of hydrogen-bond acceptors (Lipinski definition) is 4. The van der Waals surface area contributed by atoms with Crippen LogP contribution in [-0.2, 0) is 0 Å². The van der Waals surface area contributed by atoms with Crippen molar-refractivity contribution in [2.24, 2.45) is 5.73 Å². The van der Waals surface area contributed by atoms with Gasteiger partial charge in [-0.2, -0.15) is 0 Å². The van der Waals surface area contributed by atoms with Gasteiger partial charge in [0.2, 0.25) is 6.79 Å². The van der Waals surface area contributed by atoms with Gasteiger partial charge >= 0.3 is 0 Å². The van der Waals surface area contributed by atoms with Crippen molar-refractivity contribution < 1.29 is 9.47 Å². The molecule has 0 spiro atoms. The maximum absolute atomic E-state index is 5.86. The molecule has 0 fully saturated rings. The highest BCUT2D eigenvalue weighted by Crippen LogP contribution is 2.38. The highest BCUT2D eigenvalue weighted by Gasteiger charge is 2.14. The molecule has 0 saturated carbocycles. The second-order valence-electron chi connectivity index (χ2n) is 4.06. The van der Waals surface area contributed by atoms with Gasteiger partial charge in [-0.05, 0) is 42.8 Å². The monoisotopic (exact) mass is 247 g/mol. The molecule has 0 bridgehead atoms. The van der Waals surface area contributed by atoms with Gasteiger partial charge in [-0.3, -0.25) is 0 Å². The van der Waals surface area contributed by atoms with Gasteiger partial charge < -0.3 is 15.2 Å². The van der Waals surface area contributed by atoms with Crippen molar-refractivity contribution in [3.05, 3.63) is 35.2 Å². The Bertz CT molecular complexity index is 548. The van der Waals surface area contributed by atoms with Crippen molar-refractivity contribution in [2.45, 2.75) is 13.0 Å². The fourth-order valence-electron chi connectivity index (χ4n) is 1.80. The first-order valence-corrected chi connectivity index (χ1v) is 6.31. The molecule has 2 heterocycles. The van der Waals surface area contributed by atoms with E-state index >= 15 is 0 Å². The maximum atomic E-state index is 5.86. The molecule has 0 aliphatic carbocycles. The SMILES string of the molecule is CC(N)c1ccc(-c2ccc3c(c2)OCO3)s1. The van der Waals surface area contributed by atoms with E-state index in [1.807, 2.05) is 25.1 Å². The molecular weight excluding hydrogens is 234 g/mol. The van der Waals surface area contributed by atoms with Gasteiger partial charge in [0.1, 0.15) is 0 Å². The second-order valence-corrected chi connectivity index (χ2v) is 5.17. The second kappa shape index (κ2) is 4.05. The van der Waals surface area contributed by atoms with Crippen molar-refractivity contribution in [1.82, 2.24) is 0 Å². The first kappa shape index (κ1) is 10.6. The maximum Gasteiger partial charge on any atom is 0.231 e. The third-order valence-electron chi connectivity index (χ3n) is 2.73. The highest BCUT2D eigenvalue weighted by atomic mass is 32.1. The molecule has 2 aromatic rings. The predicted molar refractivity (Wildman–Crippen MR) is 68.5 cm³/mol. The molecule has 0 saturated heterocycles. The normalized spacial score (nSPS) is 14.9. The average Bonchev–Trinajstić information content (AvgIpc) is 2.97. The van der Waals surface area contributed by atoms with Crippen LogP contribution in [0, 0.1) is 0 Å². The first-order valence-electron chi connectivity index (χ1n) is 5.49. The average molecular weight is 247 g/mol. The summed E-state index contributed by atoms with van der Waals surface area (Å²) in [5.41, 5.74) is 7.01. The molecule has 0 amide bonds. The molecule has 88 valence electrons. The van der Waals surface area contributed by atoms with Crippen molar-refractivity contribution in [1.29, 1.82) is 0 Å². The summed E-state index contributed by atoms with van der Waals surface area (Å²) in [5, 5.41) is 0. The number of fused-ring (bicyclic) bond motifs is 1. The largest absolute Gasteiger partial charge is 0.454 e. The Labute approximate surface area is 104 Å². The number of nitrogens with two attached hydrogens (primary N) is 1. The molecular formula is C13H13NO2S. The van der Waals surface area contributed by atoms with Gasteiger partial charge in [-0.25, -0.2) is 0 Å². The molecule has 17 heavy (non-hydrogen) atoms. The van der Waals surface area contributed by atoms with E-state index in [4.69, 9.17) is 15.2 Å². The Hall–Kier alpha value is -1.52. The Kier molecular flexibility index (Phi) is 2.53. The fraction of sp³-hybridized carbons (Fsp3) is 0.231. The summed E-state index contributed by atoms with van der Waals surface area (Å²) in [4.78, 5) is 2.40. The fourth-order valence-corrected chi connectivity index (χ4v) is 2.76. The number of rotatable bonds is 2. The first-order chi connectivity index (χ1) is 8.24. The van der Waals surface area contributed by atoms with Gasteiger partial charge in [-0.1, -0.05) is 0 Å². The van der Waals surface area contributed by atoms with E-state index in [0.717, 1.165) is 17.1 Å². The lowest BCUT2D eigenvalue weighted by Crippen LogP contribution is -2.01. The van der Waals surface area contributed by atoms with Crippen molar-refractivity contribution >= 4 is 11.3 Å². The summed E-state index contributed by atoms with van der Waals surface area (Å²) in [6.07, 6.45) is 0. The topological polar surface area (TPSA) is 44.5 Å². The highest BCUT2D eigenvalue weighted by molar-refractivity contribution is 7.15. The molecule has 1 aliphatic rings. The van der Waals surface area contributed by atoms with E-state index in [0.29, 0.717) is 6.79 Å². The van der Waals surface area contributed by atoms with E-state index in [-0.39, 0.29) is 6.04 Å². The van der Waals surface area contributed by atoms with Crippen LogP contribution in [-0.4, -0.2) is 6.79 Å². The van der Waals surface area contributed by atoms with Gasteiger partial charge in [0.25, 0.3) is 0 Å². The van der Waals surface area contributed by atoms with E-state index in [9.17, 15) is 0 Å². The molecule has 1 aliphatic heterocycles. The van der Waals surface area contributed by atoms with Crippen molar-refractivity contribution in [2.75, 3.05) is 6.79 Å². The van der Waals surface area contributed by atoms with Crippen LogP contribution < -0.4 is 15.2 Å². The molecule has 1 atom stereocenters. The minimum absolute atomic E-state index is 0.0859. The predicted octanol–water partition coefficient (Wildman–Crippen LogP) is 3.16. The van der Waals surface area contributed by atoms with Gasteiger partial charge in [0.05, 0.1) is 0 Å². The molecule has 1 aromatic heterocycles. The van der Waals surface area contributed by atoms with E-state index < -0.39 is 0 Å². The lowest BCUT2D eigenvalue weighted by Gasteiger charge is -2.01. The quantitative estimate of drug-likeness (QED) is 0.886. The zero-order valence-electron chi connectivity index (χ0n) is 9.47. The van der Waals surface area contributed by atoms with Crippen LogP contribution in [0.1, 0.15) is 17.8 Å². The minimum atomic E-state index is 0.0859. The van der Waals surface area contributed by atoms with Gasteiger partial charge in [0.15, 0.2) is 11.5 Å². The van der Waals surface area contributed by atoms with Gasteiger partial charge in [0, 0.05) is 15.8 Å². The smallest absolute Gasteiger partial charge is 0.231 e. The number of ether oxygens (including phenoxy) is 2. The Morgan fingerprint density at radius 1 is 1.18 bits per heavy atom. The van der Waals surface area contributed by atoms with E-state index in [1.54, 1.807) is 11.3 Å². The zero-order chi connectivity index (χ0) is 11.8. The van der Waals surface area contributed by atoms with Crippen molar-refractivity contribution in [3.8, 4) is 21.9 Å².